The quantitative estimate of drug-likeness (QED) is 0.314. The van der Waals surface area contributed by atoms with Crippen molar-refractivity contribution in [2.75, 3.05) is 40.9 Å². The van der Waals surface area contributed by atoms with Gasteiger partial charge < -0.3 is 20.1 Å². The van der Waals surface area contributed by atoms with Crippen LogP contribution in [0.3, 0.4) is 0 Å². The molecule has 2 N–H and O–H groups in total. The Labute approximate surface area is 196 Å². The molecule has 2 aromatic rings. The molecule has 164 valence electrons. The van der Waals surface area contributed by atoms with Crippen LogP contribution in [0.15, 0.2) is 47.6 Å². The number of aliphatic imine (C=N–C) groups is 1. The smallest absolute Gasteiger partial charge is 0.213 e. The SMILES string of the molecule is CN=C(NCc1ccnc(OC)c1)NCC(c1ccc(OC)cc1)N1CCCC1.I. The largest absolute Gasteiger partial charge is 0.497 e. The van der Waals surface area contributed by atoms with Crippen LogP contribution in [-0.4, -0.2) is 56.7 Å². The summed E-state index contributed by atoms with van der Waals surface area (Å²) < 4.78 is 10.5. The molecule has 1 atom stereocenters. The monoisotopic (exact) mass is 525 g/mol. The molecule has 0 bridgehead atoms. The zero-order valence-electron chi connectivity index (χ0n) is 17.9. The number of hydrogen-bond acceptors (Lipinski definition) is 5. The topological polar surface area (TPSA) is 71.0 Å². The minimum atomic E-state index is 0. The second-order valence-electron chi connectivity index (χ2n) is 7.05. The summed E-state index contributed by atoms with van der Waals surface area (Å²) in [6.45, 7) is 3.68. The second-order valence-corrected chi connectivity index (χ2v) is 7.05. The summed E-state index contributed by atoms with van der Waals surface area (Å²) >= 11 is 0. The Balaban J connectivity index is 0.00000320. The van der Waals surface area contributed by atoms with E-state index in [2.05, 4.69) is 37.6 Å². The molecule has 7 nitrogen and oxygen atoms in total. The molecule has 0 amide bonds. The van der Waals surface area contributed by atoms with Crippen LogP contribution in [-0.2, 0) is 6.54 Å². The maximum atomic E-state index is 5.31. The molecular weight excluding hydrogens is 493 g/mol. The summed E-state index contributed by atoms with van der Waals surface area (Å²) in [4.78, 5) is 11.1. The lowest BCUT2D eigenvalue weighted by atomic mass is 10.1. The predicted octanol–water partition coefficient (Wildman–Crippen LogP) is 3.22. The summed E-state index contributed by atoms with van der Waals surface area (Å²) in [5, 5.41) is 6.86. The molecule has 1 saturated heterocycles. The molecule has 0 aliphatic carbocycles. The minimum Gasteiger partial charge on any atom is -0.497 e. The van der Waals surface area contributed by atoms with E-state index in [0.29, 0.717) is 18.5 Å². The molecule has 0 radical (unpaired) electrons. The number of pyridine rings is 1. The Morgan fingerprint density at radius 2 is 1.83 bits per heavy atom. The highest BCUT2D eigenvalue weighted by Gasteiger charge is 2.23. The van der Waals surface area contributed by atoms with Crippen molar-refractivity contribution >= 4 is 29.9 Å². The number of nitrogens with zero attached hydrogens (tertiary/aromatic N) is 3. The second kappa shape index (κ2) is 12.6. The van der Waals surface area contributed by atoms with Gasteiger partial charge in [0, 0.05) is 32.4 Å². The lowest BCUT2D eigenvalue weighted by molar-refractivity contribution is 0.245. The number of aromatic nitrogens is 1. The summed E-state index contributed by atoms with van der Waals surface area (Å²) in [6, 6.07) is 12.6. The summed E-state index contributed by atoms with van der Waals surface area (Å²) in [5.74, 6) is 2.27. The van der Waals surface area contributed by atoms with Gasteiger partial charge in [0.2, 0.25) is 5.88 Å². The minimum absolute atomic E-state index is 0. The molecule has 1 aliphatic heterocycles. The lowest BCUT2D eigenvalue weighted by Gasteiger charge is -2.29. The predicted molar refractivity (Wildman–Crippen MR) is 131 cm³/mol. The molecule has 0 saturated carbocycles. The third-order valence-corrected chi connectivity index (χ3v) is 5.24. The van der Waals surface area contributed by atoms with Crippen LogP contribution in [0.5, 0.6) is 11.6 Å². The van der Waals surface area contributed by atoms with Crippen LogP contribution < -0.4 is 20.1 Å². The molecule has 0 spiro atoms. The van der Waals surface area contributed by atoms with E-state index in [0.717, 1.165) is 36.9 Å². The molecule has 1 aromatic carbocycles. The van der Waals surface area contributed by atoms with Crippen LogP contribution in [0, 0.1) is 0 Å². The van der Waals surface area contributed by atoms with Gasteiger partial charge in [0.05, 0.1) is 20.3 Å². The van der Waals surface area contributed by atoms with Crippen LogP contribution >= 0.6 is 24.0 Å². The molecule has 1 aromatic heterocycles. The van der Waals surface area contributed by atoms with Crippen molar-refractivity contribution < 1.29 is 9.47 Å². The maximum Gasteiger partial charge on any atom is 0.213 e. The number of likely N-dealkylation sites (tertiary alicyclic amines) is 1. The van der Waals surface area contributed by atoms with E-state index in [-0.39, 0.29) is 24.0 Å². The molecule has 8 heteroatoms. The molecule has 3 rings (SSSR count). The van der Waals surface area contributed by atoms with Gasteiger partial charge in [0.25, 0.3) is 0 Å². The third-order valence-electron chi connectivity index (χ3n) is 5.24. The highest BCUT2D eigenvalue weighted by Crippen LogP contribution is 2.26. The number of halogens is 1. The number of guanidine groups is 1. The number of nitrogens with one attached hydrogen (secondary N) is 2. The highest BCUT2D eigenvalue weighted by molar-refractivity contribution is 14.0. The van der Waals surface area contributed by atoms with Gasteiger partial charge in [-0.3, -0.25) is 9.89 Å². The molecule has 1 aliphatic rings. The fourth-order valence-corrected chi connectivity index (χ4v) is 3.61. The Kier molecular flexibility index (Phi) is 10.2. The number of benzene rings is 1. The highest BCUT2D eigenvalue weighted by atomic mass is 127. The maximum absolute atomic E-state index is 5.31. The molecule has 1 unspecified atom stereocenters. The average molecular weight is 525 g/mol. The number of hydrogen-bond donors (Lipinski definition) is 2. The first-order valence-electron chi connectivity index (χ1n) is 10.0. The fourth-order valence-electron chi connectivity index (χ4n) is 3.61. The number of methoxy groups -OCH3 is 2. The number of ether oxygens (including phenoxy) is 2. The van der Waals surface area contributed by atoms with Crippen molar-refractivity contribution in [1.29, 1.82) is 0 Å². The van der Waals surface area contributed by atoms with Gasteiger partial charge in [-0.25, -0.2) is 4.98 Å². The van der Waals surface area contributed by atoms with Crippen molar-refractivity contribution in [3.05, 3.63) is 53.7 Å². The average Bonchev–Trinajstić information content (AvgIpc) is 3.31. The van der Waals surface area contributed by atoms with Crippen LogP contribution in [0.2, 0.25) is 0 Å². The van der Waals surface area contributed by atoms with E-state index in [9.17, 15) is 0 Å². The van der Waals surface area contributed by atoms with Crippen LogP contribution in [0.1, 0.15) is 30.0 Å². The standard InChI is InChI=1S/C22H31N5O2.HI/c1-23-22(25-15-17-10-11-24-21(14-17)29-3)26-16-20(27-12-4-5-13-27)18-6-8-19(28-2)9-7-18;/h6-11,14,20H,4-5,12-13,15-16H2,1-3H3,(H2,23,25,26);1H. The van der Waals surface area contributed by atoms with Crippen LogP contribution in [0.4, 0.5) is 0 Å². The van der Waals surface area contributed by atoms with Crippen molar-refractivity contribution in [2.24, 2.45) is 4.99 Å². The summed E-state index contributed by atoms with van der Waals surface area (Å²) in [5.41, 5.74) is 2.38. The van der Waals surface area contributed by atoms with Crippen molar-refractivity contribution in [3.8, 4) is 11.6 Å². The van der Waals surface area contributed by atoms with Crippen molar-refractivity contribution in [1.82, 2.24) is 20.5 Å². The lowest BCUT2D eigenvalue weighted by Crippen LogP contribution is -2.42. The van der Waals surface area contributed by atoms with E-state index in [1.165, 1.54) is 18.4 Å². The van der Waals surface area contributed by atoms with Crippen molar-refractivity contribution in [2.45, 2.75) is 25.4 Å². The van der Waals surface area contributed by atoms with Gasteiger partial charge >= 0.3 is 0 Å². The summed E-state index contributed by atoms with van der Waals surface area (Å²) in [6.07, 6.45) is 4.26. The Bertz CT molecular complexity index is 794. The fraction of sp³-hybridized carbons (Fsp3) is 0.455. The van der Waals surface area contributed by atoms with Crippen molar-refractivity contribution in [3.63, 3.8) is 0 Å². The van der Waals surface area contributed by atoms with E-state index in [1.807, 2.05) is 24.3 Å². The first-order chi connectivity index (χ1) is 14.2. The third kappa shape index (κ3) is 6.73. The van der Waals surface area contributed by atoms with Gasteiger partial charge in [0.15, 0.2) is 5.96 Å². The van der Waals surface area contributed by atoms with Gasteiger partial charge in [-0.1, -0.05) is 12.1 Å². The van der Waals surface area contributed by atoms with E-state index >= 15 is 0 Å². The van der Waals surface area contributed by atoms with Gasteiger partial charge in [-0.05, 0) is 55.3 Å². The van der Waals surface area contributed by atoms with E-state index < -0.39 is 0 Å². The van der Waals surface area contributed by atoms with E-state index in [1.54, 1.807) is 27.5 Å². The zero-order valence-corrected chi connectivity index (χ0v) is 20.3. The normalized spacial score (nSPS) is 15.2. The summed E-state index contributed by atoms with van der Waals surface area (Å²) in [7, 11) is 5.11. The molecule has 1 fully saturated rings. The Morgan fingerprint density at radius 3 is 2.47 bits per heavy atom. The molecule has 2 heterocycles. The Hall–Kier alpha value is -2.07. The van der Waals surface area contributed by atoms with Gasteiger partial charge in [-0.2, -0.15) is 0 Å². The Morgan fingerprint density at radius 1 is 1.10 bits per heavy atom. The first-order valence-corrected chi connectivity index (χ1v) is 10.0. The molecular formula is C22H32IN5O2. The van der Waals surface area contributed by atoms with Gasteiger partial charge in [0.1, 0.15) is 5.75 Å². The van der Waals surface area contributed by atoms with Gasteiger partial charge in [-0.15, -0.1) is 24.0 Å². The number of rotatable bonds is 8. The molecule has 30 heavy (non-hydrogen) atoms. The van der Waals surface area contributed by atoms with E-state index in [4.69, 9.17) is 9.47 Å². The zero-order chi connectivity index (χ0) is 20.5. The van der Waals surface area contributed by atoms with Crippen LogP contribution in [0.25, 0.3) is 0 Å². The first kappa shape index (κ1) is 24.2.